The minimum Gasteiger partial charge on any atom is -0.316 e. The molecule has 0 N–H and O–H groups in total. The Kier molecular flexibility index (Phi) is 7.77. The molecule has 5 aromatic rings. The highest BCUT2D eigenvalue weighted by Gasteiger charge is 2.56. The predicted molar refractivity (Wildman–Crippen MR) is 220 cm³/mol. The van der Waals surface area contributed by atoms with Crippen LogP contribution in [0.5, 0.6) is 0 Å². The molecule has 4 unspecified atom stereocenters. The molecule has 2 nitrogen and oxygen atoms in total. The van der Waals surface area contributed by atoms with Crippen molar-refractivity contribution in [3.63, 3.8) is 0 Å². The van der Waals surface area contributed by atoms with Crippen molar-refractivity contribution in [2.45, 2.75) is 115 Å². The van der Waals surface area contributed by atoms with E-state index in [0.717, 1.165) is 6.04 Å². The van der Waals surface area contributed by atoms with Crippen LogP contribution in [0.15, 0.2) is 115 Å². The Hall–Kier alpha value is -3.66. The van der Waals surface area contributed by atoms with Crippen molar-refractivity contribution >= 4 is 35.6 Å². The van der Waals surface area contributed by atoms with Crippen molar-refractivity contribution in [3.05, 3.63) is 131 Å². The molecule has 0 bridgehead atoms. The predicted octanol–water partition coefficient (Wildman–Crippen LogP) is 12.8. The van der Waals surface area contributed by atoms with Gasteiger partial charge in [-0.3, -0.25) is 0 Å². The van der Waals surface area contributed by atoms with Crippen LogP contribution < -0.4 is 0 Å². The summed E-state index contributed by atoms with van der Waals surface area (Å²) in [5.74, 6) is 1.64. The van der Waals surface area contributed by atoms with E-state index in [1.807, 2.05) is 0 Å². The molecule has 2 fully saturated rings. The fourth-order valence-electron chi connectivity index (χ4n) is 11.9. The zero-order valence-corrected chi connectivity index (χ0v) is 32.9. The Morgan fingerprint density at radius 1 is 0.725 bits per heavy atom. The topological polar surface area (TPSA) is 8.17 Å². The van der Waals surface area contributed by atoms with Crippen molar-refractivity contribution in [2.75, 3.05) is 0 Å². The quantitative estimate of drug-likeness (QED) is 0.167. The maximum Gasteiger partial charge on any atom is 0.126 e. The molecule has 9 rings (SSSR count). The molecular formula is C48H56N2Si. The van der Waals surface area contributed by atoms with Crippen LogP contribution in [-0.4, -0.2) is 28.9 Å². The van der Waals surface area contributed by atoms with E-state index in [4.69, 9.17) is 0 Å². The monoisotopic (exact) mass is 688 g/mol. The Bertz CT molecular complexity index is 2130. The molecule has 4 atom stereocenters. The fourth-order valence-corrected chi connectivity index (χ4v) is 17.3. The molecule has 3 heteroatoms. The number of rotatable bonds is 5. The lowest BCUT2D eigenvalue weighted by atomic mass is 9.73. The van der Waals surface area contributed by atoms with Crippen LogP contribution in [0.1, 0.15) is 95.8 Å². The number of hydrogen-bond acceptors (Lipinski definition) is 1. The number of allylic oxidation sites excluding steroid dienone is 4. The zero-order valence-electron chi connectivity index (χ0n) is 31.9. The molecule has 0 aliphatic heterocycles. The van der Waals surface area contributed by atoms with E-state index in [-0.39, 0.29) is 11.0 Å². The molecule has 4 aliphatic rings. The van der Waals surface area contributed by atoms with Gasteiger partial charge in [0, 0.05) is 33.5 Å². The van der Waals surface area contributed by atoms with E-state index in [1.54, 1.807) is 5.57 Å². The van der Waals surface area contributed by atoms with Crippen molar-refractivity contribution in [3.8, 4) is 5.69 Å². The van der Waals surface area contributed by atoms with Gasteiger partial charge >= 0.3 is 0 Å². The first kappa shape index (κ1) is 33.2. The number of nitrogens with zero attached hydrogens (tertiary/aromatic N) is 2. The summed E-state index contributed by atoms with van der Waals surface area (Å²) in [6.07, 6.45) is 13.9. The van der Waals surface area contributed by atoms with Crippen molar-refractivity contribution in [1.29, 1.82) is 0 Å². The van der Waals surface area contributed by atoms with Gasteiger partial charge in [0.05, 0.1) is 11.0 Å². The van der Waals surface area contributed by atoms with Crippen molar-refractivity contribution in [1.82, 2.24) is 9.13 Å². The van der Waals surface area contributed by atoms with Gasteiger partial charge in [-0.05, 0) is 115 Å². The van der Waals surface area contributed by atoms with Crippen LogP contribution in [0.3, 0.4) is 0 Å². The Morgan fingerprint density at radius 3 is 2.00 bits per heavy atom. The molecular weight excluding hydrogens is 633 g/mol. The van der Waals surface area contributed by atoms with Crippen molar-refractivity contribution in [2.24, 2.45) is 11.8 Å². The highest BCUT2D eigenvalue weighted by molar-refractivity contribution is 6.76. The molecule has 1 heterocycles. The van der Waals surface area contributed by atoms with Gasteiger partial charge < -0.3 is 9.13 Å². The summed E-state index contributed by atoms with van der Waals surface area (Å²) < 4.78 is 5.62. The highest BCUT2D eigenvalue weighted by Crippen LogP contribution is 2.63. The first-order chi connectivity index (χ1) is 24.5. The van der Waals surface area contributed by atoms with Gasteiger partial charge in [-0.15, -0.1) is 0 Å². The first-order valence-electron chi connectivity index (χ1n) is 19.9. The summed E-state index contributed by atoms with van der Waals surface area (Å²) >= 11 is 0. The van der Waals surface area contributed by atoms with E-state index in [1.165, 1.54) is 88.3 Å². The lowest BCUT2D eigenvalue weighted by molar-refractivity contribution is 0.140. The lowest BCUT2D eigenvalue weighted by Crippen LogP contribution is -2.64. The molecule has 4 aromatic carbocycles. The maximum atomic E-state index is 3.14. The van der Waals surface area contributed by atoms with Crippen LogP contribution in [0.4, 0.5) is 0 Å². The van der Waals surface area contributed by atoms with E-state index < -0.39 is 8.24 Å². The standard InChI is InChI=1S/C48H56N2Si/c1-47(2,3)50(33-20-12-9-13-21-33)51(6,7)46-31-38(32-18-10-8-11-19-32)39-30-43-40(29-41(39)46)35-27-26-34(28-42(35)48(43,4)5)49-44-24-16-14-22-36(44)37-23-15-17-25-45(37)49/h8,10-11,14-19,22-30,33,38-39,41,46H,9,12-13,20-21,31H2,1-7H3. The number of fused-ring (bicyclic) bond motifs is 7. The molecule has 1 aromatic heterocycles. The third kappa shape index (κ3) is 5.12. The van der Waals surface area contributed by atoms with Gasteiger partial charge in [-0.2, -0.15) is 0 Å². The molecule has 0 radical (unpaired) electrons. The Morgan fingerprint density at radius 2 is 1.35 bits per heavy atom. The van der Waals surface area contributed by atoms with Crippen LogP contribution in [0.25, 0.3) is 33.1 Å². The van der Waals surface area contributed by atoms with Gasteiger partial charge in [0.15, 0.2) is 0 Å². The zero-order chi connectivity index (χ0) is 35.3. The van der Waals surface area contributed by atoms with Crippen LogP contribution in [-0.2, 0) is 5.41 Å². The van der Waals surface area contributed by atoms with E-state index in [9.17, 15) is 0 Å². The number of aromatic nitrogens is 1. The van der Waals surface area contributed by atoms with Crippen LogP contribution in [0, 0.1) is 11.8 Å². The number of para-hydroxylation sites is 2. The van der Waals surface area contributed by atoms with Gasteiger partial charge in [-0.1, -0.05) is 131 Å². The molecule has 262 valence electrons. The second-order valence-electron chi connectivity index (χ2n) is 18.4. The highest BCUT2D eigenvalue weighted by atomic mass is 28.3. The third-order valence-electron chi connectivity index (χ3n) is 13.8. The van der Waals surface area contributed by atoms with Gasteiger partial charge in [-0.25, -0.2) is 0 Å². The van der Waals surface area contributed by atoms with Gasteiger partial charge in [0.2, 0.25) is 0 Å². The van der Waals surface area contributed by atoms with Crippen molar-refractivity contribution < 1.29 is 0 Å². The van der Waals surface area contributed by atoms with Gasteiger partial charge in [0.25, 0.3) is 0 Å². The molecule has 0 amide bonds. The fraction of sp³-hybridized carbons (Fsp3) is 0.417. The molecule has 51 heavy (non-hydrogen) atoms. The summed E-state index contributed by atoms with van der Waals surface area (Å²) in [6, 6.07) is 37.5. The third-order valence-corrected chi connectivity index (χ3v) is 18.5. The minimum atomic E-state index is -1.92. The number of benzene rings is 4. The Labute approximate surface area is 307 Å². The second-order valence-corrected chi connectivity index (χ2v) is 22.9. The molecule has 0 saturated heterocycles. The molecule has 0 spiro atoms. The first-order valence-corrected chi connectivity index (χ1v) is 22.9. The summed E-state index contributed by atoms with van der Waals surface area (Å²) in [5.41, 5.74) is 12.2. The summed E-state index contributed by atoms with van der Waals surface area (Å²) in [5, 5.41) is 2.64. The van der Waals surface area contributed by atoms with Crippen LogP contribution in [0.2, 0.25) is 18.6 Å². The maximum absolute atomic E-state index is 3.14. The minimum absolute atomic E-state index is 0.0628. The summed E-state index contributed by atoms with van der Waals surface area (Å²) in [7, 11) is -1.92. The second kappa shape index (κ2) is 11.9. The van der Waals surface area contributed by atoms with Gasteiger partial charge in [0.1, 0.15) is 8.24 Å². The average molecular weight is 689 g/mol. The van der Waals surface area contributed by atoms with E-state index in [2.05, 4.69) is 166 Å². The lowest BCUT2D eigenvalue weighted by Gasteiger charge is -2.55. The van der Waals surface area contributed by atoms with E-state index >= 15 is 0 Å². The largest absolute Gasteiger partial charge is 0.316 e. The van der Waals surface area contributed by atoms with E-state index in [0.29, 0.717) is 23.3 Å². The smallest absolute Gasteiger partial charge is 0.126 e. The Balaban J connectivity index is 1.18. The summed E-state index contributed by atoms with van der Waals surface area (Å²) in [4.78, 5) is 0. The summed E-state index contributed by atoms with van der Waals surface area (Å²) in [6.45, 7) is 18.0. The number of hydrogen-bond donors (Lipinski definition) is 0. The molecule has 2 saturated carbocycles. The average Bonchev–Trinajstić information content (AvgIpc) is 3.74. The SMILES string of the molecule is CC1(C)C2=CC3C(c4ccccc4)CC([Si](C)(C)N(C4CCCCC4)C(C)(C)C)C3C=C2c2ccc(-n3c4ccccc4c4ccccc43)cc21. The molecule has 4 aliphatic carbocycles. The van der Waals surface area contributed by atoms with Crippen LogP contribution >= 0.6 is 0 Å². The normalized spacial score (nSPS) is 24.8.